The van der Waals surface area contributed by atoms with Crippen molar-refractivity contribution in [1.82, 2.24) is 14.9 Å². The number of rotatable bonds is 8. The minimum Gasteiger partial charge on any atom is -0.489 e. The molecule has 0 fully saturated rings. The number of fused-ring (bicyclic) bond motifs is 6. The monoisotopic (exact) mass is 627 g/mol. The van der Waals surface area contributed by atoms with Crippen molar-refractivity contribution in [2.45, 2.75) is 56.6 Å². The van der Waals surface area contributed by atoms with E-state index in [4.69, 9.17) is 9.72 Å². The van der Waals surface area contributed by atoms with Gasteiger partial charge in [0.1, 0.15) is 17.5 Å². The van der Waals surface area contributed by atoms with E-state index in [0.717, 1.165) is 47.6 Å². The number of hydrogen-bond donors (Lipinski definition) is 1. The fourth-order valence-electron chi connectivity index (χ4n) is 7.65. The molecule has 238 valence electrons. The van der Waals surface area contributed by atoms with Gasteiger partial charge in [0.15, 0.2) is 0 Å². The molecule has 4 nitrogen and oxygen atoms in total. The smallest absolute Gasteiger partial charge is 0.145 e. The Bertz CT molecular complexity index is 2080. The summed E-state index contributed by atoms with van der Waals surface area (Å²) in [6.07, 6.45) is 19.4. The van der Waals surface area contributed by atoms with E-state index in [1.54, 1.807) is 0 Å². The highest BCUT2D eigenvalue weighted by atomic mass is 16.5. The Hall–Kier alpha value is -5.35. The van der Waals surface area contributed by atoms with Gasteiger partial charge in [-0.1, -0.05) is 110 Å². The zero-order valence-corrected chi connectivity index (χ0v) is 27.4. The summed E-state index contributed by atoms with van der Waals surface area (Å²) in [7, 11) is 0. The van der Waals surface area contributed by atoms with Crippen molar-refractivity contribution in [2.24, 2.45) is 0 Å². The van der Waals surface area contributed by atoms with Crippen LogP contribution in [0.1, 0.15) is 78.4 Å². The standard InChI is InChI=1S/C44H41N3O/c1-3-38(31-16-6-4-7-17-31)46-39(32-18-8-5-9-19-32)28-30(2)33-20-14-21-34(29-33)47-43-36-23-11-13-26-41(36)48-40-25-12-10-22-35(40)42(43)37-24-15-27-45-44(37)47/h3-10,12,14-22,24-25,27-30,35,38,40,46H,1,11,13,23,26H2,2H3/b39-28-. The molecule has 5 aromatic rings. The molecule has 0 radical (unpaired) electrons. The largest absolute Gasteiger partial charge is 0.489 e. The highest BCUT2D eigenvalue weighted by molar-refractivity contribution is 5.92. The Labute approximate surface area is 283 Å². The Balaban J connectivity index is 1.24. The first kappa shape index (κ1) is 30.0. The minimum atomic E-state index is -0.0170. The van der Waals surface area contributed by atoms with Crippen molar-refractivity contribution >= 4 is 22.3 Å². The molecule has 0 amide bonds. The lowest BCUT2D eigenvalue weighted by Gasteiger charge is -2.25. The summed E-state index contributed by atoms with van der Waals surface area (Å²) in [5.41, 5.74) is 10.7. The van der Waals surface area contributed by atoms with E-state index >= 15 is 0 Å². The summed E-state index contributed by atoms with van der Waals surface area (Å²) in [5.74, 6) is 1.42. The van der Waals surface area contributed by atoms with Crippen molar-refractivity contribution < 1.29 is 4.74 Å². The molecule has 2 aliphatic carbocycles. The molecule has 0 saturated heterocycles. The van der Waals surface area contributed by atoms with Gasteiger partial charge in [0.05, 0.1) is 11.7 Å². The van der Waals surface area contributed by atoms with Gasteiger partial charge in [-0.2, -0.15) is 0 Å². The van der Waals surface area contributed by atoms with Gasteiger partial charge in [-0.15, -0.1) is 6.58 Å². The quantitative estimate of drug-likeness (QED) is 0.174. The Morgan fingerprint density at radius 2 is 1.67 bits per heavy atom. The zero-order chi connectivity index (χ0) is 32.5. The molecule has 4 heteroatoms. The molecule has 2 aromatic heterocycles. The number of ether oxygens (including phenoxy) is 1. The highest BCUT2D eigenvalue weighted by Crippen LogP contribution is 2.48. The molecular weight excluding hydrogens is 587 g/mol. The first-order valence-corrected chi connectivity index (χ1v) is 17.2. The molecule has 0 bridgehead atoms. The molecule has 4 unspecified atom stereocenters. The van der Waals surface area contributed by atoms with E-state index in [-0.39, 0.29) is 24.0 Å². The van der Waals surface area contributed by atoms with Crippen LogP contribution in [0.15, 0.2) is 152 Å². The molecule has 0 saturated carbocycles. The number of benzene rings is 3. The van der Waals surface area contributed by atoms with Gasteiger partial charge in [-0.25, -0.2) is 4.98 Å². The van der Waals surface area contributed by atoms with Gasteiger partial charge in [0.2, 0.25) is 0 Å². The van der Waals surface area contributed by atoms with Gasteiger partial charge in [-0.05, 0) is 71.9 Å². The van der Waals surface area contributed by atoms with Crippen LogP contribution in [0, 0.1) is 0 Å². The fourth-order valence-corrected chi connectivity index (χ4v) is 7.65. The van der Waals surface area contributed by atoms with Crippen LogP contribution >= 0.6 is 0 Å². The summed E-state index contributed by atoms with van der Waals surface area (Å²) in [5, 5.41) is 5.01. The van der Waals surface area contributed by atoms with E-state index in [0.29, 0.717) is 0 Å². The normalized spacial score (nSPS) is 19.8. The summed E-state index contributed by atoms with van der Waals surface area (Å²) in [6, 6.07) is 34.4. The summed E-state index contributed by atoms with van der Waals surface area (Å²) in [6.45, 7) is 6.44. The predicted octanol–water partition coefficient (Wildman–Crippen LogP) is 10.6. The second-order valence-corrected chi connectivity index (χ2v) is 13.1. The van der Waals surface area contributed by atoms with Crippen LogP contribution in [0.3, 0.4) is 0 Å². The molecule has 3 aromatic carbocycles. The number of nitrogens with one attached hydrogen (secondary N) is 1. The molecule has 1 aliphatic heterocycles. The average Bonchev–Trinajstić information content (AvgIpc) is 3.41. The Morgan fingerprint density at radius 3 is 2.50 bits per heavy atom. The molecule has 3 aliphatic rings. The van der Waals surface area contributed by atoms with Crippen LogP contribution in [-0.2, 0) is 4.74 Å². The van der Waals surface area contributed by atoms with Crippen LogP contribution in [0.4, 0.5) is 0 Å². The maximum atomic E-state index is 6.81. The third kappa shape index (κ3) is 5.51. The highest BCUT2D eigenvalue weighted by Gasteiger charge is 2.37. The van der Waals surface area contributed by atoms with Crippen molar-refractivity contribution in [1.29, 1.82) is 0 Å². The second-order valence-electron chi connectivity index (χ2n) is 13.1. The van der Waals surface area contributed by atoms with Gasteiger partial charge < -0.3 is 10.1 Å². The predicted molar refractivity (Wildman–Crippen MR) is 198 cm³/mol. The molecule has 1 N–H and O–H groups in total. The lowest BCUT2D eigenvalue weighted by molar-refractivity contribution is 0.134. The second kappa shape index (κ2) is 13.0. The lowest BCUT2D eigenvalue weighted by Crippen LogP contribution is -2.19. The SMILES string of the molecule is C=CC(N/C(=C\C(C)c1cccc(-n2c3c(c4cccnc42)C2C=CC=CC2OC2=C3CCCC2)c1)c1ccccc1)c1ccccc1. The van der Waals surface area contributed by atoms with Crippen molar-refractivity contribution in [3.05, 3.63) is 180 Å². The summed E-state index contributed by atoms with van der Waals surface area (Å²) < 4.78 is 9.23. The van der Waals surface area contributed by atoms with Crippen LogP contribution in [0.5, 0.6) is 0 Å². The minimum absolute atomic E-state index is 0.00529. The van der Waals surface area contributed by atoms with Crippen LogP contribution < -0.4 is 5.32 Å². The third-order valence-electron chi connectivity index (χ3n) is 10.0. The van der Waals surface area contributed by atoms with Crippen molar-refractivity contribution in [2.75, 3.05) is 0 Å². The van der Waals surface area contributed by atoms with E-state index in [1.165, 1.54) is 39.8 Å². The first-order chi connectivity index (χ1) is 23.7. The topological polar surface area (TPSA) is 39.1 Å². The first-order valence-electron chi connectivity index (χ1n) is 17.2. The van der Waals surface area contributed by atoms with E-state index in [1.807, 2.05) is 12.3 Å². The van der Waals surface area contributed by atoms with E-state index in [9.17, 15) is 0 Å². The Kier molecular flexibility index (Phi) is 8.15. The van der Waals surface area contributed by atoms with Crippen LogP contribution in [0.25, 0.3) is 28.0 Å². The molecular formula is C44H41N3O. The molecule has 3 heterocycles. The zero-order valence-electron chi connectivity index (χ0n) is 27.4. The number of nitrogens with zero attached hydrogens (tertiary/aromatic N) is 2. The number of allylic oxidation sites excluding steroid dienone is 5. The summed E-state index contributed by atoms with van der Waals surface area (Å²) >= 11 is 0. The molecule has 0 spiro atoms. The van der Waals surface area contributed by atoms with Gasteiger partial charge in [0, 0.05) is 46.8 Å². The summed E-state index contributed by atoms with van der Waals surface area (Å²) in [4.78, 5) is 5.03. The lowest BCUT2D eigenvalue weighted by atomic mass is 9.86. The Morgan fingerprint density at radius 1 is 0.896 bits per heavy atom. The number of hydrogen-bond acceptors (Lipinski definition) is 3. The molecule has 4 atom stereocenters. The number of aromatic nitrogens is 2. The van der Waals surface area contributed by atoms with Crippen molar-refractivity contribution in [3.8, 4) is 5.69 Å². The van der Waals surface area contributed by atoms with Gasteiger partial charge >= 0.3 is 0 Å². The van der Waals surface area contributed by atoms with Crippen LogP contribution in [0.2, 0.25) is 0 Å². The molecule has 8 rings (SSSR count). The average molecular weight is 628 g/mol. The van der Waals surface area contributed by atoms with Crippen molar-refractivity contribution in [3.63, 3.8) is 0 Å². The third-order valence-corrected chi connectivity index (χ3v) is 10.0. The number of pyridine rings is 1. The maximum Gasteiger partial charge on any atom is 0.145 e. The maximum absolute atomic E-state index is 6.81. The van der Waals surface area contributed by atoms with E-state index < -0.39 is 0 Å². The van der Waals surface area contributed by atoms with Gasteiger partial charge in [0.25, 0.3) is 0 Å². The van der Waals surface area contributed by atoms with E-state index in [2.05, 4.69) is 151 Å². The fraction of sp³-hybridized carbons (Fsp3) is 0.205. The van der Waals surface area contributed by atoms with Crippen LogP contribution in [-0.4, -0.2) is 15.7 Å². The van der Waals surface area contributed by atoms with Gasteiger partial charge in [-0.3, -0.25) is 4.57 Å². The molecule has 48 heavy (non-hydrogen) atoms.